The highest BCUT2D eigenvalue weighted by atomic mass is 15.1. The maximum atomic E-state index is 2.52. The molecule has 0 aliphatic rings. The first kappa shape index (κ1) is 61.4. The van der Waals surface area contributed by atoms with Crippen LogP contribution in [0.4, 0.5) is 0 Å². The summed E-state index contributed by atoms with van der Waals surface area (Å²) in [7, 11) is 9.21. The lowest BCUT2D eigenvalue weighted by atomic mass is 9.99. The Bertz CT molecular complexity index is 859. The van der Waals surface area contributed by atoms with Crippen LogP contribution >= 0.6 is 0 Å². The molecule has 0 rings (SSSR count). The van der Waals surface area contributed by atoms with Gasteiger partial charge in [0.05, 0.1) is 0 Å². The Balaban J connectivity index is 3.42. The average Bonchev–Trinajstić information content (AvgIpc) is 3.26. The molecule has 0 N–H and O–H groups in total. The summed E-state index contributed by atoms with van der Waals surface area (Å²) in [5, 5.41) is 0. The highest BCUT2D eigenvalue weighted by Gasteiger charge is 2.12. The summed E-state index contributed by atoms with van der Waals surface area (Å²) < 4.78 is 0. The Morgan fingerprint density at radius 2 is 0.387 bits per heavy atom. The summed E-state index contributed by atoms with van der Waals surface area (Å²) in [6.07, 6.45) is 78.2. The van der Waals surface area contributed by atoms with Crippen molar-refractivity contribution in [3.05, 3.63) is 24.3 Å². The van der Waals surface area contributed by atoms with Gasteiger partial charge in [0.2, 0.25) is 0 Å². The third-order valence-corrected chi connectivity index (χ3v) is 14.4. The van der Waals surface area contributed by atoms with Crippen molar-refractivity contribution in [1.82, 2.24) is 9.80 Å². The van der Waals surface area contributed by atoms with Gasteiger partial charge in [0, 0.05) is 12.1 Å². The largest absolute Gasteiger partial charge is 0.306 e. The molecule has 0 aromatic carbocycles. The van der Waals surface area contributed by atoms with E-state index in [9.17, 15) is 0 Å². The van der Waals surface area contributed by atoms with E-state index in [0.717, 1.165) is 12.1 Å². The first-order valence-corrected chi connectivity index (χ1v) is 29.2. The number of hydrogen-bond donors (Lipinski definition) is 0. The molecule has 0 saturated heterocycles. The summed E-state index contributed by atoms with van der Waals surface area (Å²) in [6.45, 7) is 4.61. The molecule has 0 saturated carbocycles. The molecule has 0 aliphatic carbocycles. The van der Waals surface area contributed by atoms with Gasteiger partial charge < -0.3 is 9.80 Å². The Hall–Kier alpha value is -0.600. The number of nitrogens with zero attached hydrogens (tertiary/aromatic N) is 2. The first-order valence-electron chi connectivity index (χ1n) is 29.2. The minimum absolute atomic E-state index is 0.804. The zero-order valence-electron chi connectivity index (χ0n) is 44.3. The van der Waals surface area contributed by atoms with Crippen LogP contribution in [-0.2, 0) is 0 Å². The molecule has 0 heterocycles. The molecule has 2 nitrogen and oxygen atoms in total. The van der Waals surface area contributed by atoms with Crippen LogP contribution < -0.4 is 0 Å². The first-order chi connectivity index (χ1) is 30.5. The Labute approximate surface area is 394 Å². The van der Waals surface area contributed by atoms with Gasteiger partial charge >= 0.3 is 0 Å². The SMILES string of the molecule is CCCCCCCC/C=C\CCCCCCCCCCCC(CCCCCCCCCCCCCCCCCC=CCCCCCCCC(CCCCCCC)N(C)C)N(C)C. The van der Waals surface area contributed by atoms with Crippen LogP contribution in [0.5, 0.6) is 0 Å². The Morgan fingerprint density at radius 3 is 0.565 bits per heavy atom. The van der Waals surface area contributed by atoms with Crippen molar-refractivity contribution < 1.29 is 0 Å². The van der Waals surface area contributed by atoms with E-state index in [0.29, 0.717) is 0 Å². The third kappa shape index (κ3) is 48.8. The summed E-state index contributed by atoms with van der Waals surface area (Å²) >= 11 is 0. The molecule has 0 amide bonds. The molecular formula is C60H120N2. The number of rotatable bonds is 53. The molecule has 370 valence electrons. The number of hydrogen-bond acceptors (Lipinski definition) is 2. The van der Waals surface area contributed by atoms with Gasteiger partial charge in [-0.3, -0.25) is 0 Å². The molecule has 62 heavy (non-hydrogen) atoms. The highest BCUT2D eigenvalue weighted by molar-refractivity contribution is 4.82. The summed E-state index contributed by atoms with van der Waals surface area (Å²) in [5.74, 6) is 0. The fourth-order valence-electron chi connectivity index (χ4n) is 9.81. The monoisotopic (exact) mass is 869 g/mol. The smallest absolute Gasteiger partial charge is 0.00891 e. The van der Waals surface area contributed by atoms with Crippen molar-refractivity contribution in [2.45, 2.75) is 334 Å². The van der Waals surface area contributed by atoms with Gasteiger partial charge in [0.15, 0.2) is 0 Å². The van der Waals surface area contributed by atoms with Gasteiger partial charge in [-0.1, -0.05) is 269 Å². The number of allylic oxidation sites excluding steroid dienone is 4. The van der Waals surface area contributed by atoms with Crippen LogP contribution in [0.3, 0.4) is 0 Å². The fraction of sp³-hybridized carbons (Fsp3) is 0.933. The second-order valence-corrected chi connectivity index (χ2v) is 20.9. The van der Waals surface area contributed by atoms with E-state index in [1.54, 1.807) is 0 Å². The molecule has 2 heteroatoms. The van der Waals surface area contributed by atoms with Crippen LogP contribution in [0.2, 0.25) is 0 Å². The Morgan fingerprint density at radius 1 is 0.226 bits per heavy atom. The molecule has 0 bridgehead atoms. The lowest BCUT2D eigenvalue weighted by molar-refractivity contribution is 0.251. The van der Waals surface area contributed by atoms with E-state index < -0.39 is 0 Å². The van der Waals surface area contributed by atoms with E-state index in [1.807, 2.05) is 0 Å². The summed E-state index contributed by atoms with van der Waals surface area (Å²) in [5.41, 5.74) is 0. The normalized spacial score (nSPS) is 13.2. The van der Waals surface area contributed by atoms with Gasteiger partial charge in [0.1, 0.15) is 0 Å². The molecule has 0 spiro atoms. The van der Waals surface area contributed by atoms with E-state index in [2.05, 4.69) is 76.1 Å². The predicted octanol–water partition coefficient (Wildman–Crippen LogP) is 20.7. The maximum absolute atomic E-state index is 2.52. The van der Waals surface area contributed by atoms with Gasteiger partial charge in [-0.15, -0.1) is 0 Å². The van der Waals surface area contributed by atoms with E-state index in [4.69, 9.17) is 0 Å². The second kappa shape index (κ2) is 53.0. The van der Waals surface area contributed by atoms with Crippen LogP contribution in [0.1, 0.15) is 322 Å². The molecule has 0 aliphatic heterocycles. The van der Waals surface area contributed by atoms with E-state index in [1.165, 1.54) is 308 Å². The molecule has 0 aromatic rings. The van der Waals surface area contributed by atoms with Crippen molar-refractivity contribution in [1.29, 1.82) is 0 Å². The zero-order chi connectivity index (χ0) is 45.1. The number of unbranched alkanes of at least 4 members (excludes halogenated alkanes) is 39. The second-order valence-electron chi connectivity index (χ2n) is 20.9. The van der Waals surface area contributed by atoms with Crippen LogP contribution in [0, 0.1) is 0 Å². The quantitative estimate of drug-likeness (QED) is 0.0444. The summed E-state index contributed by atoms with van der Waals surface area (Å²) in [4.78, 5) is 5.00. The van der Waals surface area contributed by atoms with Gasteiger partial charge in [-0.05, 0) is 105 Å². The van der Waals surface area contributed by atoms with E-state index in [-0.39, 0.29) is 0 Å². The van der Waals surface area contributed by atoms with Crippen molar-refractivity contribution >= 4 is 0 Å². The molecular weight excluding hydrogens is 749 g/mol. The van der Waals surface area contributed by atoms with E-state index >= 15 is 0 Å². The minimum Gasteiger partial charge on any atom is -0.306 e. The predicted molar refractivity (Wildman–Crippen MR) is 286 cm³/mol. The minimum atomic E-state index is 0.804. The lowest BCUT2D eigenvalue weighted by Crippen LogP contribution is -2.27. The molecule has 2 unspecified atom stereocenters. The van der Waals surface area contributed by atoms with Crippen LogP contribution in [0.25, 0.3) is 0 Å². The fourth-order valence-corrected chi connectivity index (χ4v) is 9.81. The maximum Gasteiger partial charge on any atom is 0.00891 e. The topological polar surface area (TPSA) is 6.48 Å². The van der Waals surface area contributed by atoms with Crippen molar-refractivity contribution in [3.8, 4) is 0 Å². The van der Waals surface area contributed by atoms with Gasteiger partial charge in [-0.2, -0.15) is 0 Å². The average molecular weight is 870 g/mol. The molecule has 0 radical (unpaired) electrons. The van der Waals surface area contributed by atoms with Crippen molar-refractivity contribution in [2.75, 3.05) is 28.2 Å². The third-order valence-electron chi connectivity index (χ3n) is 14.4. The van der Waals surface area contributed by atoms with Crippen LogP contribution in [0.15, 0.2) is 24.3 Å². The zero-order valence-corrected chi connectivity index (χ0v) is 44.3. The lowest BCUT2D eigenvalue weighted by Gasteiger charge is -2.24. The van der Waals surface area contributed by atoms with Crippen molar-refractivity contribution in [2.24, 2.45) is 0 Å². The summed E-state index contributed by atoms with van der Waals surface area (Å²) in [6, 6.07) is 1.61. The standard InChI is InChI=1S/C60H120N2/c1-7-9-11-13-14-15-16-17-18-19-26-29-32-35-39-42-45-49-53-57-60(62(5)6)58-54-50-46-43-40-37-34-31-28-25-23-21-20-22-24-27-30-33-36-38-41-44-48-52-56-59(61(3)4)55-51-47-12-10-8-2/h17-18,30,33,59-60H,7-16,19-29,31-32,34-58H2,1-6H3/b18-17-,33-30?. The van der Waals surface area contributed by atoms with Gasteiger partial charge in [-0.25, -0.2) is 0 Å². The van der Waals surface area contributed by atoms with Crippen LogP contribution in [-0.4, -0.2) is 50.1 Å². The molecule has 2 atom stereocenters. The molecule has 0 aromatic heterocycles. The van der Waals surface area contributed by atoms with Crippen molar-refractivity contribution in [3.63, 3.8) is 0 Å². The van der Waals surface area contributed by atoms with Gasteiger partial charge in [0.25, 0.3) is 0 Å². The Kier molecular flexibility index (Phi) is 52.5. The molecule has 0 fully saturated rings. The highest BCUT2D eigenvalue weighted by Crippen LogP contribution is 2.20.